The first-order valence-electron chi connectivity index (χ1n) is 4.42. The van der Waals surface area contributed by atoms with E-state index in [-0.39, 0.29) is 6.23 Å². The number of ether oxygens (including phenoxy) is 1. The highest BCUT2D eigenvalue weighted by atomic mass is 16.5. The number of hydrogen-bond acceptors (Lipinski definition) is 3. The Labute approximate surface area is 68.5 Å². The van der Waals surface area contributed by atoms with Crippen LogP contribution in [0.4, 0.5) is 0 Å². The van der Waals surface area contributed by atoms with Crippen molar-refractivity contribution in [3.8, 4) is 0 Å². The minimum absolute atomic E-state index is 0.0851. The van der Waals surface area contributed by atoms with E-state index >= 15 is 0 Å². The molecule has 1 aliphatic heterocycles. The van der Waals surface area contributed by atoms with E-state index in [1.165, 1.54) is 25.9 Å². The van der Waals surface area contributed by atoms with E-state index in [0.29, 0.717) is 0 Å². The summed E-state index contributed by atoms with van der Waals surface area (Å²) in [4.78, 5) is 2.36. The SMILES string of the molecule is CCOC(N)CN1CCCC1. The Morgan fingerprint density at radius 1 is 1.45 bits per heavy atom. The van der Waals surface area contributed by atoms with Gasteiger partial charge in [0.05, 0.1) is 0 Å². The van der Waals surface area contributed by atoms with Gasteiger partial charge in [-0.05, 0) is 32.9 Å². The van der Waals surface area contributed by atoms with Crippen LogP contribution in [-0.4, -0.2) is 37.4 Å². The quantitative estimate of drug-likeness (QED) is 0.602. The van der Waals surface area contributed by atoms with Gasteiger partial charge >= 0.3 is 0 Å². The van der Waals surface area contributed by atoms with Gasteiger partial charge in [-0.25, -0.2) is 0 Å². The third kappa shape index (κ3) is 3.18. The van der Waals surface area contributed by atoms with E-state index in [9.17, 15) is 0 Å². The first-order valence-corrected chi connectivity index (χ1v) is 4.42. The maximum atomic E-state index is 5.70. The zero-order chi connectivity index (χ0) is 8.10. The number of rotatable bonds is 4. The minimum Gasteiger partial charge on any atom is -0.363 e. The van der Waals surface area contributed by atoms with Crippen molar-refractivity contribution < 1.29 is 4.74 Å². The zero-order valence-electron chi connectivity index (χ0n) is 7.25. The molecular weight excluding hydrogens is 140 g/mol. The topological polar surface area (TPSA) is 38.5 Å². The Bertz CT molecular complexity index is 102. The van der Waals surface area contributed by atoms with Gasteiger partial charge in [0.15, 0.2) is 0 Å². The Kier molecular flexibility index (Phi) is 3.83. The summed E-state index contributed by atoms with van der Waals surface area (Å²) in [6.07, 6.45) is 2.55. The van der Waals surface area contributed by atoms with Gasteiger partial charge in [-0.3, -0.25) is 4.90 Å². The molecule has 0 radical (unpaired) electrons. The molecule has 1 atom stereocenters. The van der Waals surface area contributed by atoms with Crippen molar-refractivity contribution in [3.05, 3.63) is 0 Å². The Balaban J connectivity index is 2.08. The summed E-state index contributed by atoms with van der Waals surface area (Å²) >= 11 is 0. The van der Waals surface area contributed by atoms with E-state index in [0.717, 1.165) is 13.2 Å². The molecule has 11 heavy (non-hydrogen) atoms. The summed E-state index contributed by atoms with van der Waals surface area (Å²) in [5.41, 5.74) is 5.70. The third-order valence-corrected chi connectivity index (χ3v) is 2.02. The Morgan fingerprint density at radius 2 is 2.09 bits per heavy atom. The highest BCUT2D eigenvalue weighted by Crippen LogP contribution is 2.06. The molecule has 0 aromatic heterocycles. The van der Waals surface area contributed by atoms with Crippen molar-refractivity contribution in [3.63, 3.8) is 0 Å². The Hall–Kier alpha value is -0.120. The van der Waals surface area contributed by atoms with E-state index < -0.39 is 0 Å². The molecule has 0 aromatic rings. The molecule has 2 N–H and O–H groups in total. The number of nitrogens with zero attached hydrogens (tertiary/aromatic N) is 1. The van der Waals surface area contributed by atoms with Crippen LogP contribution in [0.1, 0.15) is 19.8 Å². The lowest BCUT2D eigenvalue weighted by molar-refractivity contribution is 0.0433. The standard InChI is InChI=1S/C8H18N2O/c1-2-11-8(9)7-10-5-3-4-6-10/h8H,2-7,9H2,1H3. The van der Waals surface area contributed by atoms with Gasteiger partial charge in [-0.2, -0.15) is 0 Å². The van der Waals surface area contributed by atoms with Crippen molar-refractivity contribution in [2.75, 3.05) is 26.2 Å². The monoisotopic (exact) mass is 158 g/mol. The molecule has 1 unspecified atom stereocenters. The molecule has 0 aromatic carbocycles. The molecule has 0 bridgehead atoms. The van der Waals surface area contributed by atoms with E-state index in [2.05, 4.69) is 4.90 Å². The molecular formula is C8H18N2O. The van der Waals surface area contributed by atoms with Crippen LogP contribution in [0.5, 0.6) is 0 Å². The van der Waals surface area contributed by atoms with Crippen LogP contribution in [0.15, 0.2) is 0 Å². The molecule has 1 aliphatic rings. The van der Waals surface area contributed by atoms with Gasteiger partial charge in [-0.1, -0.05) is 0 Å². The normalized spacial score (nSPS) is 22.4. The average Bonchev–Trinajstić information content (AvgIpc) is 2.40. The molecule has 1 heterocycles. The van der Waals surface area contributed by atoms with Gasteiger partial charge < -0.3 is 10.5 Å². The van der Waals surface area contributed by atoms with Crippen LogP contribution in [0.25, 0.3) is 0 Å². The molecule has 1 saturated heterocycles. The minimum atomic E-state index is -0.0851. The fourth-order valence-corrected chi connectivity index (χ4v) is 1.49. The average molecular weight is 158 g/mol. The molecule has 3 heteroatoms. The first-order chi connectivity index (χ1) is 5.33. The second-order valence-electron chi connectivity index (χ2n) is 3.00. The molecule has 3 nitrogen and oxygen atoms in total. The summed E-state index contributed by atoms with van der Waals surface area (Å²) < 4.78 is 5.24. The molecule has 1 fully saturated rings. The summed E-state index contributed by atoms with van der Waals surface area (Å²) in [5.74, 6) is 0. The van der Waals surface area contributed by atoms with Crippen molar-refractivity contribution >= 4 is 0 Å². The van der Waals surface area contributed by atoms with Crippen LogP contribution in [0.3, 0.4) is 0 Å². The van der Waals surface area contributed by atoms with Gasteiger partial charge in [0.2, 0.25) is 0 Å². The fourth-order valence-electron chi connectivity index (χ4n) is 1.49. The highest BCUT2D eigenvalue weighted by molar-refractivity contribution is 4.67. The lowest BCUT2D eigenvalue weighted by atomic mass is 10.4. The molecule has 0 saturated carbocycles. The first kappa shape index (κ1) is 8.97. The largest absolute Gasteiger partial charge is 0.363 e. The lowest BCUT2D eigenvalue weighted by Crippen LogP contribution is -2.37. The number of hydrogen-bond donors (Lipinski definition) is 1. The van der Waals surface area contributed by atoms with Crippen LogP contribution in [0, 0.1) is 0 Å². The predicted octanol–water partition coefficient (Wildman–Crippen LogP) is 0.403. The Morgan fingerprint density at radius 3 is 2.64 bits per heavy atom. The summed E-state index contributed by atoms with van der Waals surface area (Å²) in [7, 11) is 0. The molecule has 1 rings (SSSR count). The van der Waals surface area contributed by atoms with Crippen LogP contribution in [-0.2, 0) is 4.74 Å². The second kappa shape index (κ2) is 4.70. The van der Waals surface area contributed by atoms with Gasteiger partial charge in [0, 0.05) is 13.2 Å². The molecule has 0 spiro atoms. The zero-order valence-corrected chi connectivity index (χ0v) is 7.25. The fraction of sp³-hybridized carbons (Fsp3) is 1.00. The van der Waals surface area contributed by atoms with E-state index in [1.54, 1.807) is 0 Å². The second-order valence-corrected chi connectivity index (χ2v) is 3.00. The van der Waals surface area contributed by atoms with Gasteiger partial charge in [0.25, 0.3) is 0 Å². The van der Waals surface area contributed by atoms with Crippen molar-refractivity contribution in [2.24, 2.45) is 5.73 Å². The lowest BCUT2D eigenvalue weighted by Gasteiger charge is -2.19. The van der Waals surface area contributed by atoms with Crippen LogP contribution in [0.2, 0.25) is 0 Å². The molecule has 0 amide bonds. The predicted molar refractivity (Wildman–Crippen MR) is 45.3 cm³/mol. The summed E-state index contributed by atoms with van der Waals surface area (Å²) in [6, 6.07) is 0. The van der Waals surface area contributed by atoms with Crippen LogP contribution < -0.4 is 5.73 Å². The van der Waals surface area contributed by atoms with Crippen molar-refractivity contribution in [2.45, 2.75) is 26.0 Å². The summed E-state index contributed by atoms with van der Waals surface area (Å²) in [6.45, 7) is 5.98. The van der Waals surface area contributed by atoms with E-state index in [1.807, 2.05) is 6.92 Å². The molecule has 0 aliphatic carbocycles. The van der Waals surface area contributed by atoms with Crippen molar-refractivity contribution in [1.29, 1.82) is 0 Å². The highest BCUT2D eigenvalue weighted by Gasteiger charge is 2.14. The number of nitrogens with two attached hydrogens (primary N) is 1. The maximum Gasteiger partial charge on any atom is 0.118 e. The smallest absolute Gasteiger partial charge is 0.118 e. The molecule has 66 valence electrons. The maximum absolute atomic E-state index is 5.70. The van der Waals surface area contributed by atoms with Crippen LogP contribution >= 0.6 is 0 Å². The summed E-state index contributed by atoms with van der Waals surface area (Å²) in [5, 5.41) is 0. The van der Waals surface area contributed by atoms with E-state index in [4.69, 9.17) is 10.5 Å². The van der Waals surface area contributed by atoms with Crippen molar-refractivity contribution in [1.82, 2.24) is 4.90 Å². The van der Waals surface area contributed by atoms with Gasteiger partial charge in [0.1, 0.15) is 6.23 Å². The third-order valence-electron chi connectivity index (χ3n) is 2.02. The number of likely N-dealkylation sites (tertiary alicyclic amines) is 1. The van der Waals surface area contributed by atoms with Gasteiger partial charge in [-0.15, -0.1) is 0 Å².